The van der Waals surface area contributed by atoms with Crippen molar-refractivity contribution in [3.8, 4) is 10.6 Å². The largest absolute Gasteiger partial charge is 0.479 e. The van der Waals surface area contributed by atoms with Gasteiger partial charge in [0.2, 0.25) is 11.8 Å². The summed E-state index contributed by atoms with van der Waals surface area (Å²) in [5.74, 6) is -2.71. The van der Waals surface area contributed by atoms with Crippen molar-refractivity contribution in [3.05, 3.63) is 54.1 Å². The van der Waals surface area contributed by atoms with Crippen LogP contribution in [0.3, 0.4) is 0 Å². The van der Waals surface area contributed by atoms with Crippen molar-refractivity contribution in [1.29, 1.82) is 0 Å². The molecular weight excluding hydrogens is 610 g/mol. The molecule has 46 heavy (non-hydrogen) atoms. The van der Waals surface area contributed by atoms with Crippen molar-refractivity contribution in [2.24, 2.45) is 16.5 Å². The van der Waals surface area contributed by atoms with Crippen LogP contribution in [0.1, 0.15) is 64.9 Å². The number of carbonyl (C=O) groups excluding carboxylic acids is 3. The summed E-state index contributed by atoms with van der Waals surface area (Å²) in [6.45, 7) is 9.12. The monoisotopic (exact) mass is 651 g/mol. The van der Waals surface area contributed by atoms with E-state index >= 15 is 0 Å². The summed E-state index contributed by atoms with van der Waals surface area (Å²) in [4.78, 5) is 64.5. The van der Waals surface area contributed by atoms with Crippen LogP contribution in [0, 0.1) is 11.3 Å². The van der Waals surface area contributed by atoms with Gasteiger partial charge in [-0.3, -0.25) is 9.59 Å². The fraction of sp³-hybridized carbons (Fsp3) is 0.515. The second-order valence-electron chi connectivity index (χ2n) is 13.2. The number of rotatable bonds is 11. The average molecular weight is 652 g/mol. The zero-order valence-corrected chi connectivity index (χ0v) is 27.1. The minimum atomic E-state index is -1.48. The predicted molar refractivity (Wildman–Crippen MR) is 172 cm³/mol. The fourth-order valence-electron chi connectivity index (χ4n) is 6.14. The molecule has 3 amide bonds. The molecule has 12 nitrogen and oxygen atoms in total. The van der Waals surface area contributed by atoms with Gasteiger partial charge in [0.25, 0.3) is 0 Å². The van der Waals surface area contributed by atoms with E-state index in [4.69, 9.17) is 9.57 Å². The number of thiazole rings is 1. The fourth-order valence-corrected chi connectivity index (χ4v) is 6.83. The first-order valence-corrected chi connectivity index (χ1v) is 16.4. The Labute approximate surface area is 272 Å². The number of nitrogens with zero attached hydrogens (tertiary/aromatic N) is 3. The molecule has 246 valence electrons. The molecule has 3 aliphatic rings. The van der Waals surface area contributed by atoms with Crippen molar-refractivity contribution in [1.82, 2.24) is 20.5 Å². The summed E-state index contributed by atoms with van der Waals surface area (Å²) in [6, 6.07) is 5.50. The topological polar surface area (TPSA) is 160 Å². The number of carboxylic acid groups (broad SMARTS) is 1. The Morgan fingerprint density at radius 1 is 1.20 bits per heavy atom. The Bertz CT molecular complexity index is 1480. The summed E-state index contributed by atoms with van der Waals surface area (Å²) < 4.78 is 5.58. The summed E-state index contributed by atoms with van der Waals surface area (Å²) in [6.07, 6.45) is 7.03. The zero-order chi connectivity index (χ0) is 33.1. The quantitative estimate of drug-likeness (QED) is 0.184. The van der Waals surface area contributed by atoms with Gasteiger partial charge in [-0.15, -0.1) is 17.9 Å². The first-order chi connectivity index (χ1) is 21.9. The highest BCUT2D eigenvalue weighted by molar-refractivity contribution is 7.13. The van der Waals surface area contributed by atoms with Crippen LogP contribution in [-0.2, 0) is 24.0 Å². The van der Waals surface area contributed by atoms with Crippen LogP contribution < -0.4 is 10.6 Å². The van der Waals surface area contributed by atoms with Gasteiger partial charge in [-0.2, -0.15) is 0 Å². The summed E-state index contributed by atoms with van der Waals surface area (Å²) in [5, 5.41) is 22.2. The maximum Gasteiger partial charge on any atom is 0.408 e. The third-order valence-electron chi connectivity index (χ3n) is 8.85. The molecule has 3 N–H and O–H groups in total. The number of ether oxygens (including phenoxy) is 1. The molecule has 3 fully saturated rings. The molecule has 5 rings (SSSR count). The van der Waals surface area contributed by atoms with Crippen molar-refractivity contribution in [3.63, 3.8) is 0 Å². The molecule has 0 bridgehead atoms. The maximum absolute atomic E-state index is 14.2. The minimum absolute atomic E-state index is 0.000716. The van der Waals surface area contributed by atoms with Crippen LogP contribution in [0.5, 0.6) is 0 Å². The second-order valence-corrected chi connectivity index (χ2v) is 14.1. The molecule has 2 heterocycles. The van der Waals surface area contributed by atoms with E-state index in [0.717, 1.165) is 41.8 Å². The third-order valence-corrected chi connectivity index (χ3v) is 9.66. The van der Waals surface area contributed by atoms with Gasteiger partial charge in [0.05, 0.1) is 12.8 Å². The Morgan fingerprint density at radius 2 is 1.93 bits per heavy atom. The van der Waals surface area contributed by atoms with Crippen molar-refractivity contribution in [2.75, 3.05) is 6.54 Å². The molecule has 0 radical (unpaired) electrons. The number of aliphatic carboxylic acids is 1. The van der Waals surface area contributed by atoms with Crippen LogP contribution in [0.2, 0.25) is 0 Å². The lowest BCUT2D eigenvalue weighted by atomic mass is 9.85. The van der Waals surface area contributed by atoms with E-state index in [0.29, 0.717) is 0 Å². The highest BCUT2D eigenvalue weighted by Crippen LogP contribution is 2.45. The Hall–Kier alpha value is -4.26. The molecule has 5 atom stereocenters. The molecule has 2 aliphatic carbocycles. The van der Waals surface area contributed by atoms with E-state index in [1.165, 1.54) is 22.3 Å². The van der Waals surface area contributed by atoms with Gasteiger partial charge in [0.15, 0.2) is 0 Å². The van der Waals surface area contributed by atoms with Crippen LogP contribution in [-0.4, -0.2) is 81.5 Å². The van der Waals surface area contributed by atoms with Crippen molar-refractivity contribution >= 4 is 41.4 Å². The normalized spacial score (nSPS) is 25.2. The number of likely N-dealkylation sites (tertiary alicyclic amines) is 1. The first kappa shape index (κ1) is 33.1. The van der Waals surface area contributed by atoms with E-state index in [-0.39, 0.29) is 25.5 Å². The molecule has 0 spiro atoms. The van der Waals surface area contributed by atoms with Gasteiger partial charge in [-0.05, 0) is 37.5 Å². The highest BCUT2D eigenvalue weighted by Gasteiger charge is 2.61. The van der Waals surface area contributed by atoms with E-state index in [9.17, 15) is 24.3 Å². The lowest BCUT2D eigenvalue weighted by Gasteiger charge is -2.35. The van der Waals surface area contributed by atoms with E-state index in [1.54, 1.807) is 12.4 Å². The summed E-state index contributed by atoms with van der Waals surface area (Å²) in [7, 11) is 0. The number of hydrogen-bond donors (Lipinski definition) is 3. The molecule has 2 saturated carbocycles. The molecule has 1 aliphatic heterocycles. The zero-order valence-electron chi connectivity index (χ0n) is 26.3. The number of aromatic nitrogens is 1. The molecule has 13 heteroatoms. The van der Waals surface area contributed by atoms with Crippen LogP contribution in [0.25, 0.3) is 10.6 Å². The predicted octanol–water partition coefficient (Wildman–Crippen LogP) is 4.36. The lowest BCUT2D eigenvalue weighted by Crippen LogP contribution is -2.59. The number of alkyl carbamates (subject to hydrolysis) is 1. The average Bonchev–Trinajstić information content (AvgIpc) is 3.50. The number of carbonyl (C=O) groups is 4. The van der Waals surface area contributed by atoms with E-state index < -0.39 is 58.9 Å². The molecule has 1 saturated heterocycles. The number of oxime groups is 1. The third kappa shape index (κ3) is 7.24. The van der Waals surface area contributed by atoms with Gasteiger partial charge in [0, 0.05) is 35.0 Å². The molecule has 0 unspecified atom stereocenters. The standard InChI is InChI=1S/C33H41N5O7S/c1-5-21-17-33(21,30(41)42)37-27(39)25-16-23(45-35-18-20-10-6-9-13-24(20)28-34-14-15-46-28)19-38(25)29(40)26(32(2,3)4)36-31(43)44-22-11-7-8-12-22/h5-6,9-10,13-15,18,21-23,25-26H,1,7-8,11-12,16-17,19H2,2-4H3,(H,36,43)(H,37,39)(H,41,42)/b35-18+/t21-,23-,25+,26-,33+/m1/s1. The molecule has 2 aromatic rings. The summed E-state index contributed by atoms with van der Waals surface area (Å²) in [5.41, 5.74) is -0.551. The lowest BCUT2D eigenvalue weighted by molar-refractivity contribution is -0.146. The van der Waals surface area contributed by atoms with Gasteiger partial charge < -0.3 is 30.2 Å². The second kappa shape index (κ2) is 13.6. The van der Waals surface area contributed by atoms with Crippen molar-refractivity contribution in [2.45, 2.75) is 89.1 Å². The Morgan fingerprint density at radius 3 is 2.57 bits per heavy atom. The number of carboxylic acids is 1. The molecule has 1 aromatic heterocycles. The molecular formula is C33H41N5O7S. The first-order valence-electron chi connectivity index (χ1n) is 15.6. The maximum atomic E-state index is 14.2. The Balaban J connectivity index is 1.35. The van der Waals surface area contributed by atoms with Crippen LogP contribution in [0.15, 0.2) is 53.7 Å². The van der Waals surface area contributed by atoms with Crippen LogP contribution in [0.4, 0.5) is 4.79 Å². The smallest absolute Gasteiger partial charge is 0.408 e. The van der Waals surface area contributed by atoms with Gasteiger partial charge >= 0.3 is 12.1 Å². The Kier molecular flexibility index (Phi) is 9.80. The summed E-state index contributed by atoms with van der Waals surface area (Å²) >= 11 is 1.50. The van der Waals surface area contributed by atoms with E-state index in [1.807, 2.05) is 50.4 Å². The van der Waals surface area contributed by atoms with Gasteiger partial charge in [-0.25, -0.2) is 14.6 Å². The van der Waals surface area contributed by atoms with Crippen LogP contribution >= 0.6 is 11.3 Å². The van der Waals surface area contributed by atoms with Crippen molar-refractivity contribution < 1.29 is 33.9 Å². The number of amides is 3. The molecule has 1 aromatic carbocycles. The van der Waals surface area contributed by atoms with E-state index in [2.05, 4.69) is 27.4 Å². The number of nitrogens with one attached hydrogen (secondary N) is 2. The SMILES string of the molecule is C=C[C@@H]1C[C@@]1(NC(=O)[C@@H]1C[C@@H](O/N=C/c2ccccc2-c2nccs2)CN1C(=O)[C@@H](NC(=O)OC1CCCC1)C(C)(C)C)C(=O)O. The number of hydrogen-bond acceptors (Lipinski definition) is 9. The minimum Gasteiger partial charge on any atom is -0.479 e. The van der Waals surface area contributed by atoms with Gasteiger partial charge in [0.1, 0.15) is 34.8 Å². The van der Waals surface area contributed by atoms with Gasteiger partial charge in [-0.1, -0.05) is 56.3 Å². The number of benzene rings is 1. The highest BCUT2D eigenvalue weighted by atomic mass is 32.1.